The van der Waals surface area contributed by atoms with Gasteiger partial charge in [-0.05, 0) is 37.5 Å². The predicted octanol–water partition coefficient (Wildman–Crippen LogP) is 4.34. The van der Waals surface area contributed by atoms with Crippen molar-refractivity contribution in [1.29, 1.82) is 5.26 Å². The molecule has 1 fully saturated rings. The van der Waals surface area contributed by atoms with Crippen molar-refractivity contribution in [3.05, 3.63) is 33.8 Å². The zero-order valence-electron chi connectivity index (χ0n) is 10.3. The van der Waals surface area contributed by atoms with Crippen molar-refractivity contribution >= 4 is 23.2 Å². The van der Waals surface area contributed by atoms with Gasteiger partial charge in [-0.15, -0.1) is 0 Å². The maximum atomic E-state index is 9.07. The molecule has 1 saturated carbocycles. The predicted molar refractivity (Wildman–Crippen MR) is 74.8 cm³/mol. The average Bonchev–Trinajstić information content (AvgIpc) is 2.79. The fraction of sp³-hybridized carbons (Fsp3) is 0.500. The Balaban J connectivity index is 2.05. The average molecular weight is 283 g/mol. The van der Waals surface area contributed by atoms with Gasteiger partial charge in [0.05, 0.1) is 22.0 Å². The molecule has 0 aliphatic heterocycles. The third-order valence-electron chi connectivity index (χ3n) is 3.59. The lowest BCUT2D eigenvalue weighted by atomic mass is 10.0. The van der Waals surface area contributed by atoms with Crippen LogP contribution in [0.4, 0.5) is 0 Å². The van der Waals surface area contributed by atoms with Gasteiger partial charge in [0, 0.05) is 12.1 Å². The van der Waals surface area contributed by atoms with Gasteiger partial charge in [0.1, 0.15) is 0 Å². The van der Waals surface area contributed by atoms with E-state index in [9.17, 15) is 0 Å². The summed E-state index contributed by atoms with van der Waals surface area (Å²) in [6, 6.07) is 8.53. The lowest BCUT2D eigenvalue weighted by Gasteiger charge is -2.22. The van der Waals surface area contributed by atoms with Gasteiger partial charge in [-0.1, -0.05) is 35.7 Å². The van der Waals surface area contributed by atoms with Gasteiger partial charge in [-0.2, -0.15) is 5.26 Å². The number of rotatable bonds is 3. The highest BCUT2D eigenvalue weighted by Gasteiger charge is 2.28. The van der Waals surface area contributed by atoms with Crippen LogP contribution >= 0.6 is 23.2 Å². The van der Waals surface area contributed by atoms with Crippen LogP contribution in [0.1, 0.15) is 37.8 Å². The van der Waals surface area contributed by atoms with Crippen LogP contribution in [0.15, 0.2) is 18.2 Å². The summed E-state index contributed by atoms with van der Waals surface area (Å²) < 4.78 is 0. The molecule has 1 aromatic rings. The standard InChI is InChI=1S/C14H16Cl2N2/c1-9(10-5-6-12(15)13(16)7-10)18-14-4-2-3-11(14)8-17/h5-7,9,11,14,18H,2-4H2,1H3. The van der Waals surface area contributed by atoms with Crippen LogP contribution in [0.25, 0.3) is 0 Å². The minimum atomic E-state index is 0.134. The number of hydrogen-bond donors (Lipinski definition) is 1. The lowest BCUT2D eigenvalue weighted by molar-refractivity contribution is 0.417. The van der Waals surface area contributed by atoms with Gasteiger partial charge in [0.15, 0.2) is 0 Å². The number of hydrogen-bond acceptors (Lipinski definition) is 2. The van der Waals surface area contributed by atoms with E-state index in [2.05, 4.69) is 18.3 Å². The summed E-state index contributed by atoms with van der Waals surface area (Å²) in [6.07, 6.45) is 3.20. The zero-order valence-corrected chi connectivity index (χ0v) is 11.8. The van der Waals surface area contributed by atoms with Gasteiger partial charge < -0.3 is 5.32 Å². The molecular weight excluding hydrogens is 267 g/mol. The highest BCUT2D eigenvalue weighted by molar-refractivity contribution is 6.42. The Bertz CT molecular complexity index is 467. The minimum absolute atomic E-state index is 0.134. The lowest BCUT2D eigenvalue weighted by Crippen LogP contribution is -2.33. The van der Waals surface area contributed by atoms with Crippen molar-refractivity contribution < 1.29 is 0 Å². The van der Waals surface area contributed by atoms with Crippen molar-refractivity contribution in [2.45, 2.75) is 38.3 Å². The smallest absolute Gasteiger partial charge is 0.0672 e. The van der Waals surface area contributed by atoms with E-state index in [1.165, 1.54) is 0 Å². The second-order valence-electron chi connectivity index (χ2n) is 4.83. The number of nitriles is 1. The van der Waals surface area contributed by atoms with Crippen LogP contribution in [-0.2, 0) is 0 Å². The van der Waals surface area contributed by atoms with Crippen molar-refractivity contribution in [2.75, 3.05) is 0 Å². The van der Waals surface area contributed by atoms with Crippen LogP contribution in [0.5, 0.6) is 0 Å². The Morgan fingerprint density at radius 3 is 2.78 bits per heavy atom. The second-order valence-corrected chi connectivity index (χ2v) is 5.65. The molecule has 3 unspecified atom stereocenters. The first-order valence-electron chi connectivity index (χ1n) is 6.22. The molecular formula is C14H16Cl2N2. The Morgan fingerprint density at radius 2 is 2.11 bits per heavy atom. The molecule has 2 rings (SSSR count). The summed E-state index contributed by atoms with van der Waals surface area (Å²) in [7, 11) is 0. The third kappa shape index (κ3) is 2.98. The topological polar surface area (TPSA) is 35.8 Å². The van der Waals surface area contributed by atoms with E-state index in [4.69, 9.17) is 28.5 Å². The SMILES string of the molecule is CC(NC1CCCC1C#N)c1ccc(Cl)c(Cl)c1. The summed E-state index contributed by atoms with van der Waals surface area (Å²) in [5, 5.41) is 13.7. The maximum absolute atomic E-state index is 9.07. The summed E-state index contributed by atoms with van der Waals surface area (Å²) in [6.45, 7) is 2.09. The molecule has 0 spiro atoms. The number of benzene rings is 1. The summed E-state index contributed by atoms with van der Waals surface area (Å²) >= 11 is 11.9. The number of halogens is 2. The monoisotopic (exact) mass is 282 g/mol. The van der Waals surface area contributed by atoms with Crippen LogP contribution in [0.3, 0.4) is 0 Å². The zero-order chi connectivity index (χ0) is 13.1. The van der Waals surface area contributed by atoms with Crippen LogP contribution in [0, 0.1) is 17.2 Å². The fourth-order valence-corrected chi connectivity index (χ4v) is 2.82. The molecule has 1 aromatic carbocycles. The van der Waals surface area contributed by atoms with Crippen LogP contribution in [-0.4, -0.2) is 6.04 Å². The molecule has 18 heavy (non-hydrogen) atoms. The first-order chi connectivity index (χ1) is 8.61. The van der Waals surface area contributed by atoms with Gasteiger partial charge in [0.25, 0.3) is 0 Å². The van der Waals surface area contributed by atoms with E-state index in [-0.39, 0.29) is 12.0 Å². The molecule has 0 amide bonds. The highest BCUT2D eigenvalue weighted by atomic mass is 35.5. The molecule has 4 heteroatoms. The normalized spacial score (nSPS) is 24.8. The first-order valence-corrected chi connectivity index (χ1v) is 6.98. The molecule has 0 radical (unpaired) electrons. The largest absolute Gasteiger partial charge is 0.306 e. The Kier molecular flexibility index (Phi) is 4.50. The highest BCUT2D eigenvalue weighted by Crippen LogP contribution is 2.29. The van der Waals surface area contributed by atoms with Crippen molar-refractivity contribution in [3.63, 3.8) is 0 Å². The molecule has 96 valence electrons. The van der Waals surface area contributed by atoms with E-state index in [1.54, 1.807) is 0 Å². The van der Waals surface area contributed by atoms with E-state index in [1.807, 2.05) is 18.2 Å². The second kappa shape index (κ2) is 5.93. The molecule has 0 heterocycles. The third-order valence-corrected chi connectivity index (χ3v) is 4.33. The number of nitrogens with one attached hydrogen (secondary N) is 1. The van der Waals surface area contributed by atoms with E-state index < -0.39 is 0 Å². The minimum Gasteiger partial charge on any atom is -0.306 e. The van der Waals surface area contributed by atoms with Gasteiger partial charge >= 0.3 is 0 Å². The van der Waals surface area contributed by atoms with Gasteiger partial charge in [0.2, 0.25) is 0 Å². The first kappa shape index (κ1) is 13.7. The Labute approximate surface area is 118 Å². The summed E-state index contributed by atoms with van der Waals surface area (Å²) in [4.78, 5) is 0. The van der Waals surface area contributed by atoms with Crippen molar-refractivity contribution in [1.82, 2.24) is 5.32 Å². The maximum Gasteiger partial charge on any atom is 0.0672 e. The van der Waals surface area contributed by atoms with Crippen LogP contribution < -0.4 is 5.32 Å². The van der Waals surface area contributed by atoms with Crippen molar-refractivity contribution in [3.8, 4) is 6.07 Å². The summed E-state index contributed by atoms with van der Waals surface area (Å²) in [5.74, 6) is 0.134. The van der Waals surface area contributed by atoms with Crippen LogP contribution in [0.2, 0.25) is 10.0 Å². The Morgan fingerprint density at radius 1 is 1.33 bits per heavy atom. The van der Waals surface area contributed by atoms with Crippen molar-refractivity contribution in [2.24, 2.45) is 5.92 Å². The molecule has 2 nitrogen and oxygen atoms in total. The van der Waals surface area contributed by atoms with Gasteiger partial charge in [-0.3, -0.25) is 0 Å². The van der Waals surface area contributed by atoms with Gasteiger partial charge in [-0.25, -0.2) is 0 Å². The molecule has 0 aromatic heterocycles. The fourth-order valence-electron chi connectivity index (χ4n) is 2.51. The molecule has 0 bridgehead atoms. The molecule has 1 aliphatic carbocycles. The van der Waals surface area contributed by atoms with E-state index in [0.29, 0.717) is 16.1 Å². The van der Waals surface area contributed by atoms with E-state index >= 15 is 0 Å². The summed E-state index contributed by atoms with van der Waals surface area (Å²) in [5.41, 5.74) is 1.10. The van der Waals surface area contributed by atoms with E-state index in [0.717, 1.165) is 24.8 Å². The molecule has 1 aliphatic rings. The molecule has 0 saturated heterocycles. The number of nitrogens with zero attached hydrogens (tertiary/aromatic N) is 1. The quantitative estimate of drug-likeness (QED) is 0.895. The molecule has 3 atom stereocenters. The molecule has 1 N–H and O–H groups in total. The Hall–Kier alpha value is -0.750.